The first-order valence-electron chi connectivity index (χ1n) is 12.7. The maximum Gasteiger partial charge on any atom is 0.404 e. The van der Waals surface area contributed by atoms with Crippen LogP contribution in [0.2, 0.25) is 0 Å². The van der Waals surface area contributed by atoms with E-state index in [0.29, 0.717) is 25.8 Å². The van der Waals surface area contributed by atoms with Crippen molar-refractivity contribution in [3.05, 3.63) is 12.2 Å². The molecule has 32 heavy (non-hydrogen) atoms. The largest absolute Gasteiger partial charge is 0.465 e. The van der Waals surface area contributed by atoms with E-state index in [9.17, 15) is 19.8 Å². The van der Waals surface area contributed by atoms with Crippen molar-refractivity contribution in [2.45, 2.75) is 122 Å². The van der Waals surface area contributed by atoms with E-state index in [1.165, 1.54) is 64.2 Å². The highest BCUT2D eigenvalue weighted by Gasteiger charge is 2.17. The van der Waals surface area contributed by atoms with E-state index in [4.69, 9.17) is 5.11 Å². The van der Waals surface area contributed by atoms with Gasteiger partial charge in [0.15, 0.2) is 0 Å². The van der Waals surface area contributed by atoms with Gasteiger partial charge in [0.25, 0.3) is 0 Å². The molecule has 0 unspecified atom stereocenters. The fourth-order valence-corrected chi connectivity index (χ4v) is 3.60. The second-order valence-corrected chi connectivity index (χ2v) is 8.64. The average Bonchev–Trinajstić information content (AvgIpc) is 2.77. The van der Waals surface area contributed by atoms with Gasteiger partial charge >= 0.3 is 6.09 Å². The summed E-state index contributed by atoms with van der Waals surface area (Å²) in [6, 6.07) is -0.704. The minimum Gasteiger partial charge on any atom is -0.465 e. The second kappa shape index (κ2) is 22.6. The maximum atomic E-state index is 12.0. The highest BCUT2D eigenvalue weighted by atomic mass is 16.4. The minimum absolute atomic E-state index is 0.215. The van der Waals surface area contributed by atoms with E-state index in [1.54, 1.807) is 6.08 Å². The molecule has 0 bridgehead atoms. The molecule has 7 nitrogen and oxygen atoms in total. The van der Waals surface area contributed by atoms with Gasteiger partial charge in [-0.05, 0) is 25.7 Å². The number of carbonyl (C=O) groups is 2. The maximum absolute atomic E-state index is 12.0. The molecule has 0 saturated carbocycles. The van der Waals surface area contributed by atoms with E-state index in [-0.39, 0.29) is 12.5 Å². The molecule has 0 fully saturated rings. The smallest absolute Gasteiger partial charge is 0.404 e. The van der Waals surface area contributed by atoms with Crippen LogP contribution in [0.25, 0.3) is 0 Å². The van der Waals surface area contributed by atoms with Crippen LogP contribution in [0.4, 0.5) is 4.79 Å². The predicted molar refractivity (Wildman–Crippen MR) is 130 cm³/mol. The van der Waals surface area contributed by atoms with Crippen molar-refractivity contribution in [3.63, 3.8) is 0 Å². The third-order valence-electron chi connectivity index (χ3n) is 5.62. The topological polar surface area (TPSA) is 119 Å². The van der Waals surface area contributed by atoms with Crippen molar-refractivity contribution >= 4 is 12.0 Å². The van der Waals surface area contributed by atoms with Gasteiger partial charge in [0.05, 0.1) is 18.8 Å². The van der Waals surface area contributed by atoms with Crippen LogP contribution in [0.5, 0.6) is 0 Å². The number of aliphatic hydroxyl groups is 2. The van der Waals surface area contributed by atoms with Crippen LogP contribution in [0.3, 0.4) is 0 Å². The van der Waals surface area contributed by atoms with Gasteiger partial charge in [-0.1, -0.05) is 89.7 Å². The van der Waals surface area contributed by atoms with Crippen LogP contribution in [0.15, 0.2) is 12.2 Å². The highest BCUT2D eigenvalue weighted by molar-refractivity contribution is 5.76. The molecule has 0 spiro atoms. The van der Waals surface area contributed by atoms with Crippen LogP contribution in [0.1, 0.15) is 110 Å². The monoisotopic (exact) mass is 456 g/mol. The Kier molecular flexibility index (Phi) is 21.5. The molecule has 0 aliphatic carbocycles. The Morgan fingerprint density at radius 1 is 0.844 bits per heavy atom. The number of allylic oxidation sites excluding steroid dienone is 1. The van der Waals surface area contributed by atoms with E-state index >= 15 is 0 Å². The standard InChI is InChI=1S/C25H48N2O5/c1-2-3-4-5-6-7-8-9-10-11-12-13-15-18-23(29)22(21-28)27-24(30)19-16-14-17-20-26-25(31)32/h15,18,22-23,26,28-29H,2-14,16-17,19-21H2,1H3,(H,27,30)(H,31,32)/t22-,23+/m0/s1. The normalized spacial score (nSPS) is 13.2. The summed E-state index contributed by atoms with van der Waals surface area (Å²) in [6.45, 7) is 2.30. The first kappa shape index (κ1) is 30.4. The Balaban J connectivity index is 3.73. The quantitative estimate of drug-likeness (QED) is 0.117. The summed E-state index contributed by atoms with van der Waals surface area (Å²) in [6.07, 6.45) is 19.2. The fourth-order valence-electron chi connectivity index (χ4n) is 3.60. The Morgan fingerprint density at radius 2 is 1.41 bits per heavy atom. The van der Waals surface area contributed by atoms with Crippen LogP contribution in [0, 0.1) is 0 Å². The summed E-state index contributed by atoms with van der Waals surface area (Å²) in [4.78, 5) is 22.3. The molecule has 0 aromatic rings. The predicted octanol–water partition coefficient (Wildman–Crippen LogP) is 4.91. The lowest BCUT2D eigenvalue weighted by Gasteiger charge is -2.20. The number of amides is 2. The zero-order valence-corrected chi connectivity index (χ0v) is 20.2. The van der Waals surface area contributed by atoms with Gasteiger partial charge in [-0.2, -0.15) is 0 Å². The summed E-state index contributed by atoms with van der Waals surface area (Å²) < 4.78 is 0. The Labute approximate surface area is 195 Å². The molecule has 0 rings (SSSR count). The highest BCUT2D eigenvalue weighted by Crippen LogP contribution is 2.12. The summed E-state index contributed by atoms with van der Waals surface area (Å²) in [5, 5.41) is 33.1. The van der Waals surface area contributed by atoms with Crippen LogP contribution in [-0.2, 0) is 4.79 Å². The Hall–Kier alpha value is -1.60. The molecule has 5 N–H and O–H groups in total. The van der Waals surface area contributed by atoms with Crippen molar-refractivity contribution in [2.24, 2.45) is 0 Å². The number of carboxylic acid groups (broad SMARTS) is 1. The summed E-state index contributed by atoms with van der Waals surface area (Å²) in [5.74, 6) is -0.215. The second-order valence-electron chi connectivity index (χ2n) is 8.64. The molecule has 0 aromatic heterocycles. The van der Waals surface area contributed by atoms with Gasteiger partial charge in [0.2, 0.25) is 5.91 Å². The van der Waals surface area contributed by atoms with Gasteiger partial charge in [-0.25, -0.2) is 4.79 Å². The molecule has 0 saturated heterocycles. The van der Waals surface area contributed by atoms with Gasteiger partial charge < -0.3 is 26.0 Å². The number of hydrogen-bond donors (Lipinski definition) is 5. The van der Waals surface area contributed by atoms with Crippen molar-refractivity contribution in [3.8, 4) is 0 Å². The molecule has 0 aromatic carbocycles. The molecule has 2 atom stereocenters. The number of rotatable bonds is 22. The zero-order valence-electron chi connectivity index (χ0n) is 20.2. The van der Waals surface area contributed by atoms with E-state index in [0.717, 1.165) is 19.3 Å². The fraction of sp³-hybridized carbons (Fsp3) is 0.840. The first-order chi connectivity index (χ1) is 15.5. The first-order valence-corrected chi connectivity index (χ1v) is 12.7. The van der Waals surface area contributed by atoms with Gasteiger partial charge in [-0.3, -0.25) is 4.79 Å². The van der Waals surface area contributed by atoms with Crippen molar-refractivity contribution in [1.82, 2.24) is 10.6 Å². The van der Waals surface area contributed by atoms with Crippen molar-refractivity contribution < 1.29 is 24.9 Å². The molecular formula is C25H48N2O5. The van der Waals surface area contributed by atoms with Crippen LogP contribution >= 0.6 is 0 Å². The van der Waals surface area contributed by atoms with Crippen LogP contribution in [-0.4, -0.2) is 52.6 Å². The third-order valence-corrected chi connectivity index (χ3v) is 5.62. The lowest BCUT2D eigenvalue weighted by molar-refractivity contribution is -0.123. The number of hydrogen-bond acceptors (Lipinski definition) is 4. The van der Waals surface area contributed by atoms with Gasteiger partial charge in [0.1, 0.15) is 0 Å². The Morgan fingerprint density at radius 3 is 1.97 bits per heavy atom. The van der Waals surface area contributed by atoms with Crippen molar-refractivity contribution in [2.75, 3.05) is 13.2 Å². The average molecular weight is 457 g/mol. The number of nitrogens with one attached hydrogen (secondary N) is 2. The lowest BCUT2D eigenvalue weighted by atomic mass is 10.0. The van der Waals surface area contributed by atoms with Crippen molar-refractivity contribution in [1.29, 1.82) is 0 Å². The van der Waals surface area contributed by atoms with Gasteiger partial charge in [0, 0.05) is 13.0 Å². The summed E-state index contributed by atoms with van der Waals surface area (Å²) >= 11 is 0. The molecule has 0 aliphatic rings. The SMILES string of the molecule is CCCCCCCCCCCCCC=C[C@@H](O)[C@H](CO)NC(=O)CCCCCNC(=O)O. The van der Waals surface area contributed by atoms with Gasteiger partial charge in [-0.15, -0.1) is 0 Å². The Bertz CT molecular complexity index is 485. The minimum atomic E-state index is -1.04. The summed E-state index contributed by atoms with van der Waals surface area (Å²) in [5.41, 5.74) is 0. The molecular weight excluding hydrogens is 408 g/mol. The van der Waals surface area contributed by atoms with E-state index in [2.05, 4.69) is 17.6 Å². The summed E-state index contributed by atoms with van der Waals surface area (Å²) in [7, 11) is 0. The molecule has 188 valence electrons. The third kappa shape index (κ3) is 20.3. The zero-order chi connectivity index (χ0) is 23.9. The number of carbonyl (C=O) groups excluding carboxylic acids is 1. The number of aliphatic hydroxyl groups excluding tert-OH is 2. The molecule has 0 aliphatic heterocycles. The molecule has 0 heterocycles. The van der Waals surface area contributed by atoms with Crippen LogP contribution < -0.4 is 10.6 Å². The number of unbranched alkanes of at least 4 members (excludes halogenated alkanes) is 13. The molecule has 2 amide bonds. The molecule has 7 heteroatoms. The van der Waals surface area contributed by atoms with E-state index < -0.39 is 18.2 Å². The van der Waals surface area contributed by atoms with E-state index in [1.807, 2.05) is 6.08 Å². The lowest BCUT2D eigenvalue weighted by Crippen LogP contribution is -2.45. The molecule has 0 radical (unpaired) electrons.